The van der Waals surface area contributed by atoms with Crippen molar-refractivity contribution < 1.29 is 18.4 Å². The molecule has 0 amide bonds. The third-order valence-electron chi connectivity index (χ3n) is 2.20. The Balaban J connectivity index is 2.29. The van der Waals surface area contributed by atoms with Crippen molar-refractivity contribution in [3.05, 3.63) is 40.2 Å². The topological polar surface area (TPSA) is 52.3 Å². The first-order valence-corrected chi connectivity index (χ1v) is 6.00. The summed E-state index contributed by atoms with van der Waals surface area (Å²) in [7, 11) is 0. The molecule has 0 N–H and O–H groups in total. The molecule has 1 aromatic heterocycles. The van der Waals surface area contributed by atoms with Crippen LogP contribution in [0.1, 0.15) is 17.4 Å². The quantitative estimate of drug-likeness (QED) is 0.815. The summed E-state index contributed by atoms with van der Waals surface area (Å²) in [4.78, 5) is 11.4. The van der Waals surface area contributed by atoms with Crippen LogP contribution in [-0.4, -0.2) is 17.7 Å². The summed E-state index contributed by atoms with van der Waals surface area (Å²) in [6.07, 6.45) is 0. The minimum Gasteiger partial charge on any atom is -0.461 e. The Morgan fingerprint density at radius 1 is 1.50 bits per heavy atom. The third kappa shape index (κ3) is 2.59. The van der Waals surface area contributed by atoms with Gasteiger partial charge in [-0.05, 0) is 41.1 Å². The fourth-order valence-corrected chi connectivity index (χ4v) is 1.61. The van der Waals surface area contributed by atoms with Crippen LogP contribution in [0.3, 0.4) is 0 Å². The Labute approximate surface area is 111 Å². The SMILES string of the molecule is CCOC(=O)c1cc(-c2ccc(Br)c(F)c2)on1. The van der Waals surface area contributed by atoms with Crippen LogP contribution in [0.4, 0.5) is 4.39 Å². The van der Waals surface area contributed by atoms with Crippen molar-refractivity contribution in [1.29, 1.82) is 0 Å². The minimum atomic E-state index is -0.565. The molecule has 4 nitrogen and oxygen atoms in total. The Hall–Kier alpha value is -1.69. The van der Waals surface area contributed by atoms with Crippen molar-refractivity contribution >= 4 is 21.9 Å². The van der Waals surface area contributed by atoms with Crippen molar-refractivity contribution in [3.8, 4) is 11.3 Å². The van der Waals surface area contributed by atoms with Crippen molar-refractivity contribution in [3.63, 3.8) is 0 Å². The summed E-state index contributed by atoms with van der Waals surface area (Å²) in [5, 5.41) is 3.58. The molecule has 94 valence electrons. The molecule has 0 saturated carbocycles. The van der Waals surface area contributed by atoms with Crippen LogP contribution < -0.4 is 0 Å². The minimum absolute atomic E-state index is 0.0650. The van der Waals surface area contributed by atoms with E-state index < -0.39 is 11.8 Å². The summed E-state index contributed by atoms with van der Waals surface area (Å²) in [5.41, 5.74) is 0.564. The number of aromatic nitrogens is 1. The van der Waals surface area contributed by atoms with Gasteiger partial charge in [-0.15, -0.1) is 0 Å². The highest BCUT2D eigenvalue weighted by molar-refractivity contribution is 9.10. The van der Waals surface area contributed by atoms with Gasteiger partial charge in [0.2, 0.25) is 0 Å². The van der Waals surface area contributed by atoms with E-state index in [1.165, 1.54) is 12.1 Å². The molecule has 1 aromatic carbocycles. The van der Waals surface area contributed by atoms with Crippen LogP contribution in [0, 0.1) is 5.82 Å². The monoisotopic (exact) mass is 313 g/mol. The largest absolute Gasteiger partial charge is 0.461 e. The fourth-order valence-electron chi connectivity index (χ4n) is 1.36. The van der Waals surface area contributed by atoms with Gasteiger partial charge in [0.1, 0.15) is 5.82 Å². The second-order valence-corrected chi connectivity index (χ2v) is 4.28. The van der Waals surface area contributed by atoms with Crippen LogP contribution in [0.15, 0.2) is 33.3 Å². The Morgan fingerprint density at radius 3 is 2.94 bits per heavy atom. The van der Waals surface area contributed by atoms with Crippen LogP contribution in [0.5, 0.6) is 0 Å². The van der Waals surface area contributed by atoms with Crippen LogP contribution in [0.2, 0.25) is 0 Å². The Bertz CT molecular complexity index is 582. The fraction of sp³-hybridized carbons (Fsp3) is 0.167. The highest BCUT2D eigenvalue weighted by atomic mass is 79.9. The molecule has 6 heteroatoms. The number of carbonyl (C=O) groups excluding carboxylic acids is 1. The first-order valence-electron chi connectivity index (χ1n) is 5.21. The molecule has 0 aliphatic carbocycles. The number of carbonyl (C=O) groups is 1. The molecule has 0 aliphatic rings. The second-order valence-electron chi connectivity index (χ2n) is 3.43. The van der Waals surface area contributed by atoms with Gasteiger partial charge in [-0.25, -0.2) is 9.18 Å². The molecule has 18 heavy (non-hydrogen) atoms. The first kappa shape index (κ1) is 12.8. The molecular weight excluding hydrogens is 305 g/mol. The smallest absolute Gasteiger partial charge is 0.360 e. The van der Waals surface area contributed by atoms with Gasteiger partial charge in [0.25, 0.3) is 0 Å². The molecule has 1 heterocycles. The van der Waals surface area contributed by atoms with E-state index in [2.05, 4.69) is 21.1 Å². The zero-order chi connectivity index (χ0) is 13.1. The number of rotatable bonds is 3. The third-order valence-corrected chi connectivity index (χ3v) is 2.84. The maximum absolute atomic E-state index is 13.4. The molecule has 0 fully saturated rings. The standard InChI is InChI=1S/C12H9BrFNO3/c1-2-17-12(16)10-6-11(18-15-10)7-3-4-8(13)9(14)5-7/h3-6H,2H2,1H3. The van der Waals surface area contributed by atoms with Gasteiger partial charge in [-0.3, -0.25) is 0 Å². The number of benzene rings is 1. The van der Waals surface area contributed by atoms with E-state index in [0.717, 1.165) is 0 Å². The lowest BCUT2D eigenvalue weighted by Gasteiger charge is -1.97. The first-order chi connectivity index (χ1) is 8.61. The molecule has 0 saturated heterocycles. The number of nitrogens with zero attached hydrogens (tertiary/aromatic N) is 1. The Morgan fingerprint density at radius 2 is 2.28 bits per heavy atom. The second kappa shape index (κ2) is 5.30. The normalized spacial score (nSPS) is 10.4. The van der Waals surface area contributed by atoms with E-state index in [4.69, 9.17) is 9.26 Å². The van der Waals surface area contributed by atoms with Crippen LogP contribution >= 0.6 is 15.9 Å². The number of esters is 1. The lowest BCUT2D eigenvalue weighted by Crippen LogP contribution is -2.04. The molecule has 0 radical (unpaired) electrons. The maximum atomic E-state index is 13.4. The van der Waals surface area contributed by atoms with Gasteiger partial charge >= 0.3 is 5.97 Å². The van der Waals surface area contributed by atoms with Gasteiger partial charge in [0.05, 0.1) is 11.1 Å². The van der Waals surface area contributed by atoms with Crippen molar-refractivity contribution in [2.24, 2.45) is 0 Å². The summed E-state index contributed by atoms with van der Waals surface area (Å²) >= 11 is 3.06. The number of hydrogen-bond acceptors (Lipinski definition) is 4. The number of hydrogen-bond donors (Lipinski definition) is 0. The summed E-state index contributed by atoms with van der Waals surface area (Å²) < 4.78 is 23.5. The summed E-state index contributed by atoms with van der Waals surface area (Å²) in [5.74, 6) is -0.670. The van der Waals surface area contributed by atoms with Gasteiger partial charge in [-0.2, -0.15) is 0 Å². The van der Waals surface area contributed by atoms with Gasteiger partial charge in [0, 0.05) is 11.6 Å². The highest BCUT2D eigenvalue weighted by Gasteiger charge is 2.15. The molecule has 0 unspecified atom stereocenters. The molecule has 0 aliphatic heterocycles. The van der Waals surface area contributed by atoms with Gasteiger partial charge in [-0.1, -0.05) is 5.16 Å². The molecular formula is C12H9BrFNO3. The molecule has 2 rings (SSSR count). The number of ether oxygens (including phenoxy) is 1. The predicted molar refractivity (Wildman–Crippen MR) is 65.6 cm³/mol. The average molecular weight is 314 g/mol. The zero-order valence-electron chi connectivity index (χ0n) is 9.44. The van der Waals surface area contributed by atoms with Crippen LogP contribution in [0.25, 0.3) is 11.3 Å². The van der Waals surface area contributed by atoms with E-state index in [0.29, 0.717) is 15.8 Å². The van der Waals surface area contributed by atoms with E-state index in [-0.39, 0.29) is 12.3 Å². The van der Waals surface area contributed by atoms with Crippen molar-refractivity contribution in [2.75, 3.05) is 6.61 Å². The van der Waals surface area contributed by atoms with Crippen LogP contribution in [-0.2, 0) is 4.74 Å². The lowest BCUT2D eigenvalue weighted by atomic mass is 10.1. The maximum Gasteiger partial charge on any atom is 0.360 e. The lowest BCUT2D eigenvalue weighted by molar-refractivity contribution is 0.0514. The van der Waals surface area contributed by atoms with E-state index >= 15 is 0 Å². The van der Waals surface area contributed by atoms with Crippen molar-refractivity contribution in [1.82, 2.24) is 5.16 Å². The molecule has 0 bridgehead atoms. The summed E-state index contributed by atoms with van der Waals surface area (Å²) in [6.45, 7) is 1.96. The predicted octanol–water partition coefficient (Wildman–Crippen LogP) is 3.42. The van der Waals surface area contributed by atoms with Crippen molar-refractivity contribution in [2.45, 2.75) is 6.92 Å². The van der Waals surface area contributed by atoms with E-state index in [1.807, 2.05) is 0 Å². The zero-order valence-corrected chi connectivity index (χ0v) is 11.0. The average Bonchev–Trinajstić information content (AvgIpc) is 2.82. The van der Waals surface area contributed by atoms with Gasteiger partial charge in [0.15, 0.2) is 11.5 Å². The van der Waals surface area contributed by atoms with E-state index in [1.54, 1.807) is 19.1 Å². The molecule has 0 atom stereocenters. The molecule has 0 spiro atoms. The Kier molecular flexibility index (Phi) is 3.76. The van der Waals surface area contributed by atoms with E-state index in [9.17, 15) is 9.18 Å². The molecule has 2 aromatic rings. The number of halogens is 2. The van der Waals surface area contributed by atoms with Gasteiger partial charge < -0.3 is 9.26 Å². The highest BCUT2D eigenvalue weighted by Crippen LogP contribution is 2.25. The summed E-state index contributed by atoms with van der Waals surface area (Å²) in [6, 6.07) is 5.92.